The minimum absolute atomic E-state index is 0.0448. The van der Waals surface area contributed by atoms with E-state index in [1.165, 1.54) is 6.08 Å². The van der Waals surface area contributed by atoms with Crippen LogP contribution in [0, 0.1) is 10.8 Å². The third-order valence-corrected chi connectivity index (χ3v) is 4.79. The Morgan fingerprint density at radius 3 is 2.42 bits per heavy atom. The molecular weight excluding hydrogens is 430 g/mol. The summed E-state index contributed by atoms with van der Waals surface area (Å²) in [4.78, 5) is 18.7. The van der Waals surface area contributed by atoms with E-state index in [1.807, 2.05) is 0 Å². The zero-order valence-electron chi connectivity index (χ0n) is 15.9. The Hall–Kier alpha value is -3.12. The Kier molecular flexibility index (Phi) is 6.23. The average molecular weight is 448 g/mol. The summed E-state index contributed by atoms with van der Waals surface area (Å²) in [5, 5.41) is 7.95. The lowest BCUT2D eigenvalue weighted by Crippen LogP contribution is -2.25. The van der Waals surface area contributed by atoms with Gasteiger partial charge in [-0.2, -0.15) is 26.3 Å². The van der Waals surface area contributed by atoms with Crippen molar-refractivity contribution in [2.24, 2.45) is 11.1 Å². The number of hydrogen-bond acceptors (Lipinski definition) is 7. The van der Waals surface area contributed by atoms with Crippen LogP contribution < -0.4 is 16.4 Å². The molecule has 1 aromatic rings. The van der Waals surface area contributed by atoms with Crippen LogP contribution in [0.15, 0.2) is 40.4 Å². The lowest BCUT2D eigenvalue weighted by atomic mass is 9.93. The molecule has 1 atom stereocenters. The van der Waals surface area contributed by atoms with Crippen LogP contribution in [0.3, 0.4) is 0 Å². The fourth-order valence-corrected chi connectivity index (χ4v) is 3.27. The molecule has 0 saturated carbocycles. The molecule has 31 heavy (non-hydrogen) atoms. The fourth-order valence-electron chi connectivity index (χ4n) is 3.27. The number of nitrogens with one attached hydrogen (secondary N) is 2. The SMILES string of the molecule is Nc1nc(NC2=CC(C(F)(F)F)CCC2)c(NC2=CCCC(C(F)(F)F)=C2)nc1N=O. The van der Waals surface area contributed by atoms with Gasteiger partial charge in [0.05, 0.1) is 5.92 Å². The van der Waals surface area contributed by atoms with E-state index in [9.17, 15) is 31.2 Å². The highest BCUT2D eigenvalue weighted by atomic mass is 19.4. The van der Waals surface area contributed by atoms with Crippen LogP contribution in [-0.4, -0.2) is 22.3 Å². The summed E-state index contributed by atoms with van der Waals surface area (Å²) < 4.78 is 78.2. The van der Waals surface area contributed by atoms with Crippen LogP contribution in [0.4, 0.5) is 49.6 Å². The number of hydrogen-bond donors (Lipinski definition) is 3. The molecule has 7 nitrogen and oxygen atoms in total. The largest absolute Gasteiger partial charge is 0.412 e. The molecule has 168 valence electrons. The third kappa shape index (κ3) is 5.52. The topological polar surface area (TPSA) is 105 Å². The summed E-state index contributed by atoms with van der Waals surface area (Å²) in [7, 11) is 0. The maximum Gasteiger partial charge on any atom is 0.412 e. The number of aromatic nitrogens is 2. The van der Waals surface area contributed by atoms with Gasteiger partial charge in [0.15, 0.2) is 17.5 Å². The summed E-state index contributed by atoms with van der Waals surface area (Å²) >= 11 is 0. The van der Waals surface area contributed by atoms with Gasteiger partial charge in [-0.25, -0.2) is 9.97 Å². The highest BCUT2D eigenvalue weighted by Crippen LogP contribution is 2.38. The van der Waals surface area contributed by atoms with E-state index in [-0.39, 0.29) is 54.5 Å². The number of rotatable bonds is 5. The normalized spacial score (nSPS) is 19.8. The van der Waals surface area contributed by atoms with Crippen LogP contribution >= 0.6 is 0 Å². The number of nitrogens with two attached hydrogens (primary N) is 1. The molecule has 0 aromatic carbocycles. The van der Waals surface area contributed by atoms with E-state index in [0.717, 1.165) is 12.2 Å². The summed E-state index contributed by atoms with van der Waals surface area (Å²) in [5.41, 5.74) is 5.10. The van der Waals surface area contributed by atoms with Gasteiger partial charge in [0.2, 0.25) is 5.82 Å². The molecule has 0 spiro atoms. The second kappa shape index (κ2) is 8.55. The number of halogens is 6. The van der Waals surface area contributed by atoms with E-state index in [2.05, 4.69) is 25.8 Å². The molecule has 0 amide bonds. The number of allylic oxidation sites excluding steroid dienone is 5. The van der Waals surface area contributed by atoms with Crippen molar-refractivity contribution in [3.8, 4) is 0 Å². The van der Waals surface area contributed by atoms with Gasteiger partial charge in [-0.1, -0.05) is 12.2 Å². The van der Waals surface area contributed by atoms with Crippen molar-refractivity contribution >= 4 is 23.3 Å². The van der Waals surface area contributed by atoms with Crippen LogP contribution in [0.5, 0.6) is 0 Å². The van der Waals surface area contributed by atoms with Gasteiger partial charge < -0.3 is 16.4 Å². The van der Waals surface area contributed by atoms with E-state index in [0.29, 0.717) is 6.42 Å². The summed E-state index contributed by atoms with van der Waals surface area (Å²) in [5.74, 6) is -2.84. The molecule has 1 unspecified atom stereocenters. The van der Waals surface area contributed by atoms with Crippen molar-refractivity contribution in [3.63, 3.8) is 0 Å². The second-order valence-corrected chi connectivity index (χ2v) is 7.07. The smallest absolute Gasteiger partial charge is 0.380 e. The van der Waals surface area contributed by atoms with Gasteiger partial charge in [-0.05, 0) is 43.4 Å². The number of anilines is 3. The highest BCUT2D eigenvalue weighted by Gasteiger charge is 2.39. The summed E-state index contributed by atoms with van der Waals surface area (Å²) in [6.07, 6.45) is -5.09. The Morgan fingerprint density at radius 1 is 1.06 bits per heavy atom. The minimum atomic E-state index is -4.51. The van der Waals surface area contributed by atoms with Crippen molar-refractivity contribution in [2.45, 2.75) is 44.5 Å². The predicted molar refractivity (Wildman–Crippen MR) is 102 cm³/mol. The first-order valence-corrected chi connectivity index (χ1v) is 9.27. The molecule has 0 bridgehead atoms. The number of nitrogen functional groups attached to an aromatic ring is 1. The van der Waals surface area contributed by atoms with Crippen LogP contribution in [0.2, 0.25) is 0 Å². The van der Waals surface area contributed by atoms with Crippen molar-refractivity contribution in [1.29, 1.82) is 0 Å². The second-order valence-electron chi connectivity index (χ2n) is 7.07. The molecule has 4 N–H and O–H groups in total. The quantitative estimate of drug-likeness (QED) is 0.395. The Bertz CT molecular complexity index is 950. The van der Waals surface area contributed by atoms with Gasteiger partial charge in [-0.3, -0.25) is 0 Å². The monoisotopic (exact) mass is 448 g/mol. The highest BCUT2D eigenvalue weighted by molar-refractivity contribution is 5.71. The average Bonchev–Trinajstić information content (AvgIpc) is 2.69. The number of alkyl halides is 6. The van der Waals surface area contributed by atoms with Gasteiger partial charge >= 0.3 is 12.4 Å². The van der Waals surface area contributed by atoms with Crippen molar-refractivity contribution in [2.75, 3.05) is 16.4 Å². The molecule has 2 aliphatic carbocycles. The van der Waals surface area contributed by atoms with Crippen LogP contribution in [0.1, 0.15) is 32.1 Å². The first kappa shape index (κ1) is 22.6. The van der Waals surface area contributed by atoms with Crippen molar-refractivity contribution in [3.05, 3.63) is 40.1 Å². The lowest BCUT2D eigenvalue weighted by Gasteiger charge is -2.24. The molecule has 0 saturated heterocycles. The van der Waals surface area contributed by atoms with Crippen molar-refractivity contribution < 1.29 is 26.3 Å². The number of nitrogens with zero attached hydrogens (tertiary/aromatic N) is 3. The van der Waals surface area contributed by atoms with Gasteiger partial charge in [0.25, 0.3) is 0 Å². The molecule has 2 aliphatic rings. The molecule has 13 heteroatoms. The molecule has 0 radical (unpaired) electrons. The Balaban J connectivity index is 1.92. The van der Waals surface area contributed by atoms with E-state index in [1.54, 1.807) is 0 Å². The first-order chi connectivity index (χ1) is 14.5. The zero-order valence-corrected chi connectivity index (χ0v) is 15.9. The maximum atomic E-state index is 13.1. The Labute approximate surface area is 172 Å². The lowest BCUT2D eigenvalue weighted by molar-refractivity contribution is -0.163. The Morgan fingerprint density at radius 2 is 1.77 bits per heavy atom. The zero-order chi connectivity index (χ0) is 22.8. The van der Waals surface area contributed by atoms with E-state index in [4.69, 9.17) is 5.73 Å². The molecule has 1 aromatic heterocycles. The molecule has 0 fully saturated rings. The van der Waals surface area contributed by atoms with Crippen LogP contribution in [-0.2, 0) is 0 Å². The standard InChI is InChI=1S/C18H18F6N6O/c19-17(20,21)9-3-1-5-11(7-9)26-15-16(29-14(30-31)13(25)28-15)27-12-6-2-4-10(8-12)18(22,23)24/h6-9H,1-5H2,(H,27,29)(H3,25,26,28). The third-order valence-electron chi connectivity index (χ3n) is 4.79. The van der Waals surface area contributed by atoms with Crippen LogP contribution in [0.25, 0.3) is 0 Å². The fraction of sp³-hybridized carbons (Fsp3) is 0.444. The molecule has 0 aliphatic heterocycles. The minimum Gasteiger partial charge on any atom is -0.380 e. The van der Waals surface area contributed by atoms with Gasteiger partial charge in [-0.15, -0.1) is 4.91 Å². The number of nitroso groups, excluding NO2 is 1. The van der Waals surface area contributed by atoms with E-state index >= 15 is 0 Å². The van der Waals surface area contributed by atoms with E-state index < -0.39 is 29.7 Å². The molecule has 1 heterocycles. The first-order valence-electron chi connectivity index (χ1n) is 9.27. The summed E-state index contributed by atoms with van der Waals surface area (Å²) in [6.45, 7) is 0. The molecular formula is C18H18F6N6O. The van der Waals surface area contributed by atoms with Crippen molar-refractivity contribution in [1.82, 2.24) is 9.97 Å². The molecule has 3 rings (SSSR count). The maximum absolute atomic E-state index is 13.1. The summed E-state index contributed by atoms with van der Waals surface area (Å²) in [6, 6.07) is 0. The predicted octanol–water partition coefficient (Wildman–Crippen LogP) is 5.69. The van der Waals surface area contributed by atoms with Gasteiger partial charge in [0, 0.05) is 17.0 Å². The van der Waals surface area contributed by atoms with Gasteiger partial charge in [0.1, 0.15) is 0 Å².